The number of nitrogens with zero attached hydrogens (tertiary/aromatic N) is 2. The Balaban J connectivity index is 2.03. The van der Waals surface area contributed by atoms with Crippen molar-refractivity contribution in [2.24, 2.45) is 0 Å². The number of hydrogen-bond acceptors (Lipinski definition) is 5. The van der Waals surface area contributed by atoms with E-state index in [1.807, 2.05) is 37.3 Å². The SMILES string of the molecule is CCNc1nccc(NCc2ccccc2OC)n1. The molecule has 100 valence electrons. The molecule has 0 unspecified atom stereocenters. The monoisotopic (exact) mass is 258 g/mol. The lowest BCUT2D eigenvalue weighted by molar-refractivity contribution is 0.410. The van der Waals surface area contributed by atoms with Gasteiger partial charge in [-0.3, -0.25) is 0 Å². The van der Waals surface area contributed by atoms with Crippen molar-refractivity contribution < 1.29 is 4.74 Å². The fourth-order valence-corrected chi connectivity index (χ4v) is 1.74. The van der Waals surface area contributed by atoms with Gasteiger partial charge >= 0.3 is 0 Å². The molecule has 19 heavy (non-hydrogen) atoms. The fourth-order valence-electron chi connectivity index (χ4n) is 1.74. The van der Waals surface area contributed by atoms with Gasteiger partial charge in [-0.15, -0.1) is 0 Å². The van der Waals surface area contributed by atoms with Gasteiger partial charge in [-0.25, -0.2) is 4.98 Å². The summed E-state index contributed by atoms with van der Waals surface area (Å²) < 4.78 is 5.31. The minimum atomic E-state index is 0.632. The molecule has 2 aromatic rings. The van der Waals surface area contributed by atoms with Gasteiger partial charge in [0.15, 0.2) is 0 Å². The molecule has 2 N–H and O–H groups in total. The van der Waals surface area contributed by atoms with Crippen LogP contribution in [0.1, 0.15) is 12.5 Å². The second-order valence-corrected chi connectivity index (χ2v) is 3.96. The molecule has 0 aliphatic heterocycles. The summed E-state index contributed by atoms with van der Waals surface area (Å²) in [4.78, 5) is 8.49. The van der Waals surface area contributed by atoms with Crippen LogP contribution in [0.25, 0.3) is 0 Å². The van der Waals surface area contributed by atoms with E-state index in [-0.39, 0.29) is 0 Å². The summed E-state index contributed by atoms with van der Waals surface area (Å²) in [6.07, 6.45) is 1.73. The number of nitrogens with one attached hydrogen (secondary N) is 2. The molecule has 5 heteroatoms. The van der Waals surface area contributed by atoms with Gasteiger partial charge in [-0.2, -0.15) is 4.98 Å². The van der Waals surface area contributed by atoms with Crippen molar-refractivity contribution >= 4 is 11.8 Å². The topological polar surface area (TPSA) is 59.1 Å². The molecule has 0 atom stereocenters. The molecule has 0 bridgehead atoms. The van der Waals surface area contributed by atoms with E-state index in [0.29, 0.717) is 12.5 Å². The Labute approximate surface area is 113 Å². The van der Waals surface area contributed by atoms with Crippen molar-refractivity contribution in [1.29, 1.82) is 0 Å². The summed E-state index contributed by atoms with van der Waals surface area (Å²) in [5, 5.41) is 6.35. The van der Waals surface area contributed by atoms with Crippen molar-refractivity contribution in [2.75, 3.05) is 24.3 Å². The standard InChI is InChI=1S/C14H18N4O/c1-3-15-14-16-9-8-13(18-14)17-10-11-6-4-5-7-12(11)19-2/h4-9H,3,10H2,1-2H3,(H2,15,16,17,18). The van der Waals surface area contributed by atoms with E-state index in [1.165, 1.54) is 0 Å². The average Bonchev–Trinajstić information content (AvgIpc) is 2.46. The Morgan fingerprint density at radius 3 is 2.79 bits per heavy atom. The lowest BCUT2D eigenvalue weighted by atomic mass is 10.2. The van der Waals surface area contributed by atoms with E-state index in [9.17, 15) is 0 Å². The first-order chi connectivity index (χ1) is 9.33. The molecule has 0 saturated carbocycles. The van der Waals surface area contributed by atoms with Crippen molar-refractivity contribution in [3.63, 3.8) is 0 Å². The van der Waals surface area contributed by atoms with Crippen LogP contribution in [0, 0.1) is 0 Å². The zero-order valence-electron chi connectivity index (χ0n) is 11.2. The van der Waals surface area contributed by atoms with Crippen LogP contribution in [0.3, 0.4) is 0 Å². The molecule has 5 nitrogen and oxygen atoms in total. The number of hydrogen-bond donors (Lipinski definition) is 2. The summed E-state index contributed by atoms with van der Waals surface area (Å²) in [6.45, 7) is 3.47. The van der Waals surface area contributed by atoms with E-state index in [1.54, 1.807) is 13.3 Å². The minimum absolute atomic E-state index is 0.632. The highest BCUT2D eigenvalue weighted by Crippen LogP contribution is 2.18. The van der Waals surface area contributed by atoms with E-state index >= 15 is 0 Å². The Bertz CT molecular complexity index is 530. The zero-order valence-corrected chi connectivity index (χ0v) is 11.2. The highest BCUT2D eigenvalue weighted by atomic mass is 16.5. The minimum Gasteiger partial charge on any atom is -0.496 e. The van der Waals surface area contributed by atoms with E-state index in [2.05, 4.69) is 20.6 Å². The maximum Gasteiger partial charge on any atom is 0.224 e. The number of methoxy groups -OCH3 is 1. The van der Waals surface area contributed by atoms with Gasteiger partial charge in [0.25, 0.3) is 0 Å². The number of aromatic nitrogens is 2. The third-order valence-electron chi connectivity index (χ3n) is 2.64. The van der Waals surface area contributed by atoms with Crippen molar-refractivity contribution in [1.82, 2.24) is 9.97 Å². The van der Waals surface area contributed by atoms with Gasteiger partial charge in [-0.1, -0.05) is 18.2 Å². The molecule has 0 amide bonds. The van der Waals surface area contributed by atoms with Gasteiger partial charge in [0.2, 0.25) is 5.95 Å². The zero-order chi connectivity index (χ0) is 13.5. The van der Waals surface area contributed by atoms with Crippen LogP contribution in [0.15, 0.2) is 36.5 Å². The predicted octanol–water partition coefficient (Wildman–Crippen LogP) is 2.53. The van der Waals surface area contributed by atoms with Gasteiger partial charge < -0.3 is 15.4 Å². The number of benzene rings is 1. The molecule has 1 aromatic heterocycles. The van der Waals surface area contributed by atoms with Crippen molar-refractivity contribution in [3.05, 3.63) is 42.1 Å². The molecule has 1 heterocycles. The van der Waals surface area contributed by atoms with E-state index in [4.69, 9.17) is 4.74 Å². The molecule has 0 saturated heterocycles. The van der Waals surface area contributed by atoms with Crippen molar-refractivity contribution in [3.8, 4) is 5.75 Å². The number of para-hydroxylation sites is 1. The Morgan fingerprint density at radius 2 is 2.00 bits per heavy atom. The maximum absolute atomic E-state index is 5.31. The quantitative estimate of drug-likeness (QED) is 0.833. The summed E-state index contributed by atoms with van der Waals surface area (Å²) >= 11 is 0. The first kappa shape index (κ1) is 13.1. The summed E-state index contributed by atoms with van der Waals surface area (Å²) in [5.41, 5.74) is 1.09. The predicted molar refractivity (Wildman–Crippen MR) is 76.5 cm³/mol. The fraction of sp³-hybridized carbons (Fsp3) is 0.286. The molecule has 0 aliphatic rings. The summed E-state index contributed by atoms with van der Waals surface area (Å²) in [7, 11) is 1.67. The molecule has 0 aliphatic carbocycles. The molecule has 0 spiro atoms. The molecule has 1 aromatic carbocycles. The third-order valence-corrected chi connectivity index (χ3v) is 2.64. The number of anilines is 2. The van der Waals surface area contributed by atoms with Gasteiger partial charge in [0.1, 0.15) is 11.6 Å². The molecular weight excluding hydrogens is 240 g/mol. The summed E-state index contributed by atoms with van der Waals surface area (Å²) in [5.74, 6) is 2.29. The lowest BCUT2D eigenvalue weighted by Gasteiger charge is -2.10. The first-order valence-corrected chi connectivity index (χ1v) is 6.26. The van der Waals surface area contributed by atoms with Gasteiger partial charge in [0.05, 0.1) is 7.11 Å². The van der Waals surface area contributed by atoms with Crippen LogP contribution in [0.2, 0.25) is 0 Å². The summed E-state index contributed by atoms with van der Waals surface area (Å²) in [6, 6.07) is 9.76. The van der Waals surface area contributed by atoms with Gasteiger partial charge in [-0.05, 0) is 19.1 Å². The van der Waals surface area contributed by atoms with Gasteiger partial charge in [0, 0.05) is 24.8 Å². The lowest BCUT2D eigenvalue weighted by Crippen LogP contribution is -2.06. The molecule has 0 radical (unpaired) electrons. The smallest absolute Gasteiger partial charge is 0.224 e. The average molecular weight is 258 g/mol. The van der Waals surface area contributed by atoms with Crippen LogP contribution >= 0.6 is 0 Å². The van der Waals surface area contributed by atoms with E-state index in [0.717, 1.165) is 23.7 Å². The van der Waals surface area contributed by atoms with Crippen LogP contribution in [-0.2, 0) is 6.54 Å². The second kappa shape index (κ2) is 6.58. The molecule has 2 rings (SSSR count). The third kappa shape index (κ3) is 3.58. The normalized spacial score (nSPS) is 10.0. The Morgan fingerprint density at radius 1 is 1.16 bits per heavy atom. The molecular formula is C14H18N4O. The van der Waals surface area contributed by atoms with Crippen LogP contribution in [-0.4, -0.2) is 23.6 Å². The molecule has 0 fully saturated rings. The van der Waals surface area contributed by atoms with Crippen LogP contribution in [0.4, 0.5) is 11.8 Å². The van der Waals surface area contributed by atoms with Crippen LogP contribution < -0.4 is 15.4 Å². The Kier molecular flexibility index (Phi) is 4.55. The second-order valence-electron chi connectivity index (χ2n) is 3.96. The van der Waals surface area contributed by atoms with Crippen molar-refractivity contribution in [2.45, 2.75) is 13.5 Å². The number of rotatable bonds is 6. The maximum atomic E-state index is 5.31. The first-order valence-electron chi connectivity index (χ1n) is 6.26. The van der Waals surface area contributed by atoms with E-state index < -0.39 is 0 Å². The highest BCUT2D eigenvalue weighted by molar-refractivity contribution is 5.42. The Hall–Kier alpha value is -2.30. The largest absolute Gasteiger partial charge is 0.496 e. The highest BCUT2D eigenvalue weighted by Gasteiger charge is 2.02. The van der Waals surface area contributed by atoms with Crippen LogP contribution in [0.5, 0.6) is 5.75 Å². The number of ether oxygens (including phenoxy) is 1.